The zero-order valence-corrected chi connectivity index (χ0v) is 17.2. The molecule has 0 aromatic heterocycles. The molecule has 2 aromatic rings. The van der Waals surface area contributed by atoms with E-state index in [0.29, 0.717) is 23.7 Å². The number of fused-ring (bicyclic) bond motifs is 2. The van der Waals surface area contributed by atoms with E-state index in [-0.39, 0.29) is 23.7 Å². The average molecular weight is 394 g/mol. The number of nitrogens with one attached hydrogen (secondary N) is 1. The summed E-state index contributed by atoms with van der Waals surface area (Å²) in [4.78, 5) is 17.9. The van der Waals surface area contributed by atoms with E-state index in [9.17, 15) is 4.79 Å². The number of carbonyl (C=O) groups is 1. The molecule has 0 radical (unpaired) electrons. The Morgan fingerprint density at radius 3 is 2.48 bits per heavy atom. The van der Waals surface area contributed by atoms with E-state index in [0.717, 1.165) is 29.1 Å². The predicted octanol–water partition coefficient (Wildman–Crippen LogP) is 4.36. The Labute approximate surface area is 170 Å². The first-order valence-corrected chi connectivity index (χ1v) is 9.79. The van der Waals surface area contributed by atoms with E-state index in [2.05, 4.69) is 5.32 Å². The van der Waals surface area contributed by atoms with Gasteiger partial charge >= 0.3 is 0 Å². The van der Waals surface area contributed by atoms with E-state index >= 15 is 0 Å². The highest BCUT2D eigenvalue weighted by molar-refractivity contribution is 6.08. The topological polar surface area (TPSA) is 69.2 Å². The van der Waals surface area contributed by atoms with Crippen molar-refractivity contribution in [3.05, 3.63) is 42.0 Å². The van der Waals surface area contributed by atoms with Gasteiger partial charge in [-0.2, -0.15) is 0 Å². The standard InChI is InChI=1S/C23H26N2O4/c1-13-21-18(25-17-8-6-5-7-16(17)24-13)11-14(12-19(21)26)15-9-10-20(27-2)23(29-4)22(15)28-3/h5-10,14,18,21,25H,11-12H2,1-4H3/t14-,18-,21+/m1/s1. The van der Waals surface area contributed by atoms with Crippen LogP contribution in [0.2, 0.25) is 0 Å². The number of Topliss-reactive ketones (excluding diaryl/α,β-unsaturated/α-hetero) is 1. The Bertz CT molecular complexity index is 969. The van der Waals surface area contributed by atoms with E-state index in [1.54, 1.807) is 21.3 Å². The lowest BCUT2D eigenvalue weighted by Gasteiger charge is -2.36. The van der Waals surface area contributed by atoms with Gasteiger partial charge in [-0.25, -0.2) is 0 Å². The molecule has 1 aliphatic carbocycles. The van der Waals surface area contributed by atoms with Gasteiger partial charge in [-0.15, -0.1) is 0 Å². The number of carbonyl (C=O) groups excluding carboxylic acids is 1. The van der Waals surface area contributed by atoms with Crippen LogP contribution in [0.25, 0.3) is 0 Å². The minimum absolute atomic E-state index is 0.0177. The van der Waals surface area contributed by atoms with E-state index in [1.807, 2.05) is 43.3 Å². The Balaban J connectivity index is 1.72. The summed E-state index contributed by atoms with van der Waals surface area (Å²) in [5.41, 5.74) is 3.68. The van der Waals surface area contributed by atoms with Gasteiger partial charge in [0.05, 0.1) is 38.6 Å². The van der Waals surface area contributed by atoms with Crippen LogP contribution in [0, 0.1) is 5.92 Å². The van der Waals surface area contributed by atoms with Crippen molar-refractivity contribution in [3.8, 4) is 17.2 Å². The maximum absolute atomic E-state index is 13.2. The van der Waals surface area contributed by atoms with Gasteiger partial charge < -0.3 is 19.5 Å². The molecule has 3 atom stereocenters. The smallest absolute Gasteiger partial charge is 0.203 e. The van der Waals surface area contributed by atoms with Gasteiger partial charge in [0, 0.05) is 23.7 Å². The van der Waals surface area contributed by atoms with Crippen molar-refractivity contribution >= 4 is 22.9 Å². The van der Waals surface area contributed by atoms with Gasteiger partial charge in [-0.05, 0) is 37.5 Å². The minimum atomic E-state index is -0.218. The second-order valence-corrected chi connectivity index (χ2v) is 7.53. The molecular formula is C23H26N2O4. The molecule has 0 saturated heterocycles. The molecule has 0 unspecified atom stereocenters. The van der Waals surface area contributed by atoms with Crippen LogP contribution in [0.4, 0.5) is 11.4 Å². The number of methoxy groups -OCH3 is 3. The van der Waals surface area contributed by atoms with Crippen LogP contribution in [0.15, 0.2) is 41.4 Å². The Morgan fingerprint density at radius 1 is 1.00 bits per heavy atom. The number of ketones is 1. The second kappa shape index (κ2) is 7.78. The van der Waals surface area contributed by atoms with E-state index < -0.39 is 0 Å². The number of anilines is 1. The Hall–Kier alpha value is -3.02. The van der Waals surface area contributed by atoms with Crippen molar-refractivity contribution in [2.75, 3.05) is 26.6 Å². The number of hydrogen-bond acceptors (Lipinski definition) is 6. The Morgan fingerprint density at radius 2 is 1.76 bits per heavy atom. The first-order valence-electron chi connectivity index (χ1n) is 9.79. The van der Waals surface area contributed by atoms with Crippen LogP contribution in [0.1, 0.15) is 31.2 Å². The molecule has 2 aromatic carbocycles. The first-order chi connectivity index (χ1) is 14.1. The molecule has 0 spiro atoms. The molecule has 1 saturated carbocycles. The molecule has 4 rings (SSSR count). The quantitative estimate of drug-likeness (QED) is 0.834. The molecule has 1 aliphatic heterocycles. The highest BCUT2D eigenvalue weighted by Gasteiger charge is 2.41. The summed E-state index contributed by atoms with van der Waals surface area (Å²) in [7, 11) is 4.81. The first kappa shape index (κ1) is 19.3. The number of benzene rings is 2. The number of nitrogens with zero attached hydrogens (tertiary/aromatic N) is 1. The van der Waals surface area contributed by atoms with Crippen molar-refractivity contribution in [1.82, 2.24) is 0 Å². The summed E-state index contributed by atoms with van der Waals surface area (Å²) in [5.74, 6) is 1.79. The lowest BCUT2D eigenvalue weighted by Crippen LogP contribution is -2.43. The van der Waals surface area contributed by atoms with Crippen LogP contribution < -0.4 is 19.5 Å². The van der Waals surface area contributed by atoms with Gasteiger partial charge in [-0.1, -0.05) is 18.2 Å². The van der Waals surface area contributed by atoms with Crippen molar-refractivity contribution in [2.45, 2.75) is 31.7 Å². The van der Waals surface area contributed by atoms with Crippen molar-refractivity contribution in [2.24, 2.45) is 10.9 Å². The third-order valence-electron chi connectivity index (χ3n) is 5.90. The molecular weight excluding hydrogens is 368 g/mol. The highest BCUT2D eigenvalue weighted by Crippen LogP contribution is 2.47. The third-order valence-corrected chi connectivity index (χ3v) is 5.90. The summed E-state index contributed by atoms with van der Waals surface area (Å²) in [6.45, 7) is 1.96. The Kier molecular flexibility index (Phi) is 5.18. The maximum atomic E-state index is 13.2. The number of ether oxygens (including phenoxy) is 3. The minimum Gasteiger partial charge on any atom is -0.493 e. The van der Waals surface area contributed by atoms with Crippen LogP contribution in [0.3, 0.4) is 0 Å². The summed E-state index contributed by atoms with van der Waals surface area (Å²) < 4.78 is 16.6. The summed E-state index contributed by atoms with van der Waals surface area (Å²) in [6, 6.07) is 11.8. The predicted molar refractivity (Wildman–Crippen MR) is 113 cm³/mol. The van der Waals surface area contributed by atoms with Crippen LogP contribution >= 0.6 is 0 Å². The average Bonchev–Trinajstić information content (AvgIpc) is 2.87. The van der Waals surface area contributed by atoms with E-state index in [1.165, 1.54) is 0 Å². The highest BCUT2D eigenvalue weighted by atomic mass is 16.5. The zero-order valence-electron chi connectivity index (χ0n) is 17.2. The third kappa shape index (κ3) is 3.33. The van der Waals surface area contributed by atoms with Gasteiger partial charge in [0.25, 0.3) is 0 Å². The second-order valence-electron chi connectivity index (χ2n) is 7.53. The van der Waals surface area contributed by atoms with Gasteiger partial charge in [0.2, 0.25) is 5.75 Å². The monoisotopic (exact) mass is 394 g/mol. The fraction of sp³-hybridized carbons (Fsp3) is 0.391. The molecule has 6 heteroatoms. The van der Waals surface area contributed by atoms with Crippen LogP contribution in [-0.2, 0) is 4.79 Å². The largest absolute Gasteiger partial charge is 0.493 e. The number of rotatable bonds is 4. The van der Waals surface area contributed by atoms with Gasteiger partial charge in [0.15, 0.2) is 11.5 Å². The molecule has 29 heavy (non-hydrogen) atoms. The molecule has 0 amide bonds. The lowest BCUT2D eigenvalue weighted by molar-refractivity contribution is -0.123. The fourth-order valence-corrected chi connectivity index (χ4v) is 4.62. The lowest BCUT2D eigenvalue weighted by atomic mass is 9.73. The molecule has 1 fully saturated rings. The van der Waals surface area contributed by atoms with Crippen molar-refractivity contribution in [1.29, 1.82) is 0 Å². The SMILES string of the molecule is COc1ccc([C@H]2CC(=O)[C@H]3C(C)=Nc4ccccc4N[C@@H]3C2)c(OC)c1OC. The molecule has 6 nitrogen and oxygen atoms in total. The molecule has 1 N–H and O–H groups in total. The summed E-state index contributed by atoms with van der Waals surface area (Å²) in [6.07, 6.45) is 1.24. The molecule has 152 valence electrons. The number of hydrogen-bond donors (Lipinski definition) is 1. The zero-order chi connectivity index (χ0) is 20.5. The normalized spacial score (nSPS) is 23.1. The molecule has 2 aliphatic rings. The number of aliphatic imine (C=N–C) groups is 1. The van der Waals surface area contributed by atoms with Gasteiger partial charge in [-0.3, -0.25) is 9.79 Å². The van der Waals surface area contributed by atoms with Gasteiger partial charge in [0.1, 0.15) is 5.78 Å². The maximum Gasteiger partial charge on any atom is 0.203 e. The van der Waals surface area contributed by atoms with Crippen LogP contribution in [-0.4, -0.2) is 38.9 Å². The van der Waals surface area contributed by atoms with Crippen molar-refractivity contribution < 1.29 is 19.0 Å². The van der Waals surface area contributed by atoms with E-state index in [4.69, 9.17) is 19.2 Å². The fourth-order valence-electron chi connectivity index (χ4n) is 4.62. The summed E-state index contributed by atoms with van der Waals surface area (Å²) >= 11 is 0. The molecule has 0 bridgehead atoms. The number of para-hydroxylation sites is 2. The van der Waals surface area contributed by atoms with Crippen LogP contribution in [0.5, 0.6) is 17.2 Å². The summed E-state index contributed by atoms with van der Waals surface area (Å²) in [5, 5.41) is 3.58. The van der Waals surface area contributed by atoms with Crippen molar-refractivity contribution in [3.63, 3.8) is 0 Å². The molecule has 1 heterocycles.